The molecule has 1 fully saturated rings. The van der Waals surface area contributed by atoms with E-state index >= 15 is 0 Å². The van der Waals surface area contributed by atoms with E-state index in [0.717, 1.165) is 29.6 Å². The van der Waals surface area contributed by atoms with E-state index < -0.39 is 24.7 Å². The van der Waals surface area contributed by atoms with E-state index in [4.69, 9.17) is 0 Å². The Labute approximate surface area is 211 Å². The molecule has 0 bridgehead atoms. The Bertz CT molecular complexity index is 602. The van der Waals surface area contributed by atoms with Crippen molar-refractivity contribution in [2.45, 2.75) is 53.2 Å². The summed E-state index contributed by atoms with van der Waals surface area (Å²) in [4.78, 5) is 0. The van der Waals surface area contributed by atoms with Crippen molar-refractivity contribution in [1.29, 1.82) is 0 Å². The second-order valence-corrected chi connectivity index (χ2v) is 15.1. The second kappa shape index (κ2) is 17.6. The van der Waals surface area contributed by atoms with Gasteiger partial charge in [0.1, 0.15) is 0 Å². The smallest absolute Gasteiger partial charge is 0.309 e. The van der Waals surface area contributed by atoms with Crippen LogP contribution in [-0.2, 0) is 34.1 Å². The van der Waals surface area contributed by atoms with Crippen molar-refractivity contribution in [3.8, 4) is 0 Å². The van der Waals surface area contributed by atoms with Crippen molar-refractivity contribution in [1.82, 2.24) is 0 Å². The summed E-state index contributed by atoms with van der Waals surface area (Å²) in [6.45, 7) is 21.3. The van der Waals surface area contributed by atoms with Crippen molar-refractivity contribution < 1.29 is 45.6 Å². The zero-order valence-electron chi connectivity index (χ0n) is 20.8. The van der Waals surface area contributed by atoms with E-state index in [0.29, 0.717) is 7.92 Å². The molecule has 0 aliphatic heterocycles. The largest absolute Gasteiger partial charge is 0.522 e. The Kier molecular flexibility index (Phi) is 20.3. The van der Waals surface area contributed by atoms with Crippen LogP contribution in [0.5, 0.6) is 0 Å². The molecule has 3 nitrogen and oxygen atoms in total. The molecule has 0 heterocycles. The van der Waals surface area contributed by atoms with Crippen molar-refractivity contribution in [3.63, 3.8) is 0 Å². The number of alkyl halides is 3. The van der Waals surface area contributed by atoms with Gasteiger partial charge in [-0.05, 0) is 62.7 Å². The second-order valence-electron chi connectivity index (χ2n) is 8.61. The number of halogens is 3. The fourth-order valence-corrected chi connectivity index (χ4v) is 5.14. The summed E-state index contributed by atoms with van der Waals surface area (Å²) in [5.41, 5.74) is -5.30. The molecule has 1 aliphatic rings. The summed E-state index contributed by atoms with van der Waals surface area (Å²) in [6.07, 6.45) is 0. The van der Waals surface area contributed by atoms with Gasteiger partial charge >= 0.3 is 15.6 Å². The maximum absolute atomic E-state index is 11.5. The van der Waals surface area contributed by atoms with Gasteiger partial charge < -0.3 is 3.87 Å². The number of benzene rings is 1. The van der Waals surface area contributed by atoms with Crippen LogP contribution >= 0.6 is 7.92 Å². The van der Waals surface area contributed by atoms with Crippen LogP contribution in [0.1, 0.15) is 34.6 Å². The molecule has 2 radical (unpaired) electrons. The van der Waals surface area contributed by atoms with Crippen LogP contribution in [0.15, 0.2) is 30.3 Å². The minimum absolute atomic E-state index is 0. The van der Waals surface area contributed by atoms with Gasteiger partial charge in [-0.25, -0.2) is 0 Å². The third-order valence-electron chi connectivity index (χ3n) is 5.31. The van der Waals surface area contributed by atoms with E-state index in [9.17, 15) is 21.6 Å². The molecule has 1 aromatic carbocycles. The van der Waals surface area contributed by atoms with Gasteiger partial charge in [0.15, 0.2) is 0 Å². The van der Waals surface area contributed by atoms with Crippen molar-refractivity contribution >= 4 is 27.1 Å². The monoisotopic (exact) mass is 693 g/mol. The van der Waals surface area contributed by atoms with Gasteiger partial charge in [-0.3, -0.25) is 0 Å². The molecule has 0 N–H and O–H groups in total. The molecule has 192 valence electrons. The molecule has 0 unspecified atom stereocenters. The number of hydrogen-bond acceptors (Lipinski definition) is 3. The van der Waals surface area contributed by atoms with E-state index in [-0.39, 0.29) is 20.1 Å². The third-order valence-corrected chi connectivity index (χ3v) is 8.09. The van der Waals surface area contributed by atoms with Crippen LogP contribution < -0.4 is 0 Å². The maximum atomic E-state index is 11.5. The van der Waals surface area contributed by atoms with E-state index in [1.165, 1.54) is 13.1 Å². The molecular formula is C22H40F3IrO3PSSi-. The van der Waals surface area contributed by atoms with E-state index in [1.54, 1.807) is 0 Å². The van der Waals surface area contributed by atoms with Crippen molar-refractivity contribution in [2.24, 2.45) is 29.6 Å². The van der Waals surface area contributed by atoms with Crippen LogP contribution in [-0.4, -0.2) is 43.0 Å². The summed E-state index contributed by atoms with van der Waals surface area (Å²) in [7, 11) is -6.85. The first kappa shape index (κ1) is 36.8. The fraction of sp³-hybridized carbons (Fsp3) is 0.727. The molecule has 10 heteroatoms. The molecule has 1 saturated carbocycles. The molecule has 0 amide bonds. The minimum atomic E-state index is -5.35. The predicted octanol–water partition coefficient (Wildman–Crippen LogP) is 7.13. The van der Waals surface area contributed by atoms with Crippen molar-refractivity contribution in [2.75, 3.05) is 20.0 Å². The normalized spacial score (nSPS) is 24.8. The topological polar surface area (TPSA) is 43.4 Å². The van der Waals surface area contributed by atoms with Crippen molar-refractivity contribution in [3.05, 3.63) is 36.4 Å². The molecule has 0 atom stereocenters. The van der Waals surface area contributed by atoms with Gasteiger partial charge in [0.25, 0.3) is 0 Å². The van der Waals surface area contributed by atoms with Crippen LogP contribution in [0.25, 0.3) is 0 Å². The predicted molar refractivity (Wildman–Crippen MR) is 129 cm³/mol. The molecule has 1 aromatic rings. The van der Waals surface area contributed by atoms with Gasteiger partial charge in [0.2, 0.25) is 9.04 Å². The van der Waals surface area contributed by atoms with Gasteiger partial charge in [0, 0.05) is 20.1 Å². The van der Waals surface area contributed by atoms with Gasteiger partial charge in [-0.1, -0.05) is 34.6 Å². The molecule has 0 spiro atoms. The average molecular weight is 693 g/mol. The first-order chi connectivity index (χ1) is 14.0. The summed E-state index contributed by atoms with van der Waals surface area (Å²) in [5, 5.41) is 0. The van der Waals surface area contributed by atoms with Gasteiger partial charge in [-0.2, -0.15) is 58.0 Å². The Hall–Kier alpha value is 0.216. The molecule has 0 aromatic heterocycles. The first-order valence-corrected chi connectivity index (χ1v) is 16.8. The molecule has 1 aliphatic carbocycles. The average Bonchev–Trinajstić information content (AvgIpc) is 2.80. The van der Waals surface area contributed by atoms with Crippen LogP contribution in [0, 0.1) is 35.7 Å². The Morgan fingerprint density at radius 3 is 1.19 bits per heavy atom. The van der Waals surface area contributed by atoms with E-state index in [1.807, 2.05) is 30.3 Å². The standard InChI is InChI=1S/C10H20.C6H5.C3H6F3O3SSi.C3H9P.Ir/c1-6-7(2)9(4)10(5)8(6)3;1-2-4-6-5-3-1;1-11(2)9-10(7,8)3(4,5)6;1-4(2)3;/h6-10H,1-5H3;1-5H;1-2H3;1-3H3;/q;-1;;;. The summed E-state index contributed by atoms with van der Waals surface area (Å²) < 4.78 is 58.5. The quantitative estimate of drug-likeness (QED) is 0.144. The third kappa shape index (κ3) is 15.9. The summed E-state index contributed by atoms with van der Waals surface area (Å²) in [6, 6.07) is 12.5. The molecule has 0 saturated heterocycles. The maximum Gasteiger partial charge on any atom is 0.522 e. The zero-order valence-corrected chi connectivity index (χ0v) is 25.9. The van der Waals surface area contributed by atoms with Crippen LogP contribution in [0.3, 0.4) is 0 Å². The molecule has 32 heavy (non-hydrogen) atoms. The van der Waals surface area contributed by atoms with Crippen LogP contribution in [0.4, 0.5) is 13.2 Å². The van der Waals surface area contributed by atoms with E-state index in [2.05, 4.69) is 64.6 Å². The van der Waals surface area contributed by atoms with Gasteiger partial charge in [-0.15, -0.1) is 7.92 Å². The summed E-state index contributed by atoms with van der Waals surface area (Å²) in [5.74, 6) is 4.68. The minimum Gasteiger partial charge on any atom is -0.309 e. The van der Waals surface area contributed by atoms with Gasteiger partial charge in [0.05, 0.1) is 0 Å². The Balaban J connectivity index is -0.000000368. The molecular weight excluding hydrogens is 653 g/mol. The summed E-state index contributed by atoms with van der Waals surface area (Å²) >= 11 is 0. The first-order valence-electron chi connectivity index (χ1n) is 10.3. The fourth-order valence-electron chi connectivity index (χ4n) is 3.00. The number of hydrogen-bond donors (Lipinski definition) is 0. The Morgan fingerprint density at radius 1 is 0.812 bits per heavy atom. The number of rotatable bonds is 2. The Morgan fingerprint density at radius 2 is 1.09 bits per heavy atom. The SMILES string of the molecule is CC1C(C)C(C)C(C)C1C.CP(C)C.C[Si](C)OS(=O)(=O)C(F)(F)F.[Ir].[c-]1ccccc1. The van der Waals surface area contributed by atoms with Crippen LogP contribution in [0.2, 0.25) is 13.1 Å². The zero-order chi connectivity index (χ0) is 25.0. The molecule has 2 rings (SSSR count).